The smallest absolute Gasteiger partial charge is 0.328 e. The zero-order valence-electron chi connectivity index (χ0n) is 11.9. The number of hydrogen-bond donors (Lipinski definition) is 1. The van der Waals surface area contributed by atoms with Crippen molar-refractivity contribution in [2.24, 2.45) is 5.73 Å². The molecule has 0 saturated heterocycles. The molecule has 108 valence electrons. The topological polar surface area (TPSA) is 52.3 Å². The number of esters is 1. The van der Waals surface area contributed by atoms with Gasteiger partial charge in [0.05, 0.1) is 0 Å². The van der Waals surface area contributed by atoms with Gasteiger partial charge in [0.1, 0.15) is 11.6 Å². The molecule has 0 aliphatic heterocycles. The van der Waals surface area contributed by atoms with Gasteiger partial charge < -0.3 is 10.5 Å². The predicted octanol–water partition coefficient (Wildman–Crippen LogP) is 3.60. The summed E-state index contributed by atoms with van der Waals surface area (Å²) in [4.78, 5) is 12.1. The maximum atomic E-state index is 12.1. The van der Waals surface area contributed by atoms with Crippen LogP contribution in [0.1, 0.15) is 32.4 Å². The Balaban J connectivity index is 0.00000200. The van der Waals surface area contributed by atoms with E-state index in [1.165, 1.54) is 0 Å². The summed E-state index contributed by atoms with van der Waals surface area (Å²) in [6, 6.07) is 12.9. The number of benzene rings is 2. The summed E-state index contributed by atoms with van der Waals surface area (Å²) < 4.78 is 5.34. The second-order valence-corrected chi connectivity index (χ2v) is 5.58. The van der Waals surface area contributed by atoms with Crippen molar-refractivity contribution in [3.05, 3.63) is 48.0 Å². The monoisotopic (exact) mass is 293 g/mol. The second-order valence-electron chi connectivity index (χ2n) is 5.58. The van der Waals surface area contributed by atoms with Gasteiger partial charge in [-0.3, -0.25) is 0 Å². The van der Waals surface area contributed by atoms with Crippen LogP contribution in [0.4, 0.5) is 0 Å². The average Bonchev–Trinajstić information content (AvgIpc) is 2.35. The van der Waals surface area contributed by atoms with E-state index in [1.54, 1.807) is 0 Å². The van der Waals surface area contributed by atoms with E-state index >= 15 is 0 Å². The number of hydrogen-bond acceptors (Lipinski definition) is 3. The van der Waals surface area contributed by atoms with Crippen LogP contribution in [0.25, 0.3) is 10.8 Å². The van der Waals surface area contributed by atoms with Crippen molar-refractivity contribution < 1.29 is 9.53 Å². The third-order valence-corrected chi connectivity index (χ3v) is 2.82. The molecule has 1 unspecified atom stereocenters. The van der Waals surface area contributed by atoms with Crippen molar-refractivity contribution in [1.29, 1.82) is 0 Å². The van der Waals surface area contributed by atoms with E-state index in [0.29, 0.717) is 0 Å². The zero-order valence-corrected chi connectivity index (χ0v) is 12.7. The molecule has 0 bridgehead atoms. The Bertz CT molecular complexity index is 599. The molecule has 2 aromatic carbocycles. The minimum absolute atomic E-state index is 0. The van der Waals surface area contributed by atoms with Gasteiger partial charge in [-0.2, -0.15) is 0 Å². The highest BCUT2D eigenvalue weighted by molar-refractivity contribution is 5.90. The lowest BCUT2D eigenvalue weighted by Crippen LogP contribution is -2.31. The molecule has 0 heterocycles. The van der Waals surface area contributed by atoms with Crippen molar-refractivity contribution >= 4 is 29.1 Å². The van der Waals surface area contributed by atoms with Gasteiger partial charge in [-0.25, -0.2) is 4.79 Å². The molecule has 0 saturated carbocycles. The SMILES string of the molecule is CC(C)(C)OC(=O)C(N)c1cccc2ccccc12.Cl. The van der Waals surface area contributed by atoms with Crippen LogP contribution in [0.5, 0.6) is 0 Å². The summed E-state index contributed by atoms with van der Waals surface area (Å²) >= 11 is 0. The highest BCUT2D eigenvalue weighted by atomic mass is 35.5. The quantitative estimate of drug-likeness (QED) is 0.861. The molecule has 2 aromatic rings. The number of nitrogens with two attached hydrogens (primary N) is 1. The molecule has 2 N–H and O–H groups in total. The maximum Gasteiger partial charge on any atom is 0.328 e. The predicted molar refractivity (Wildman–Crippen MR) is 84.0 cm³/mol. The van der Waals surface area contributed by atoms with Gasteiger partial charge >= 0.3 is 5.97 Å². The molecule has 20 heavy (non-hydrogen) atoms. The Morgan fingerprint density at radius 3 is 2.35 bits per heavy atom. The van der Waals surface area contributed by atoms with E-state index in [0.717, 1.165) is 16.3 Å². The minimum atomic E-state index is -0.759. The van der Waals surface area contributed by atoms with Gasteiger partial charge in [0, 0.05) is 0 Å². The number of fused-ring (bicyclic) bond motifs is 1. The Labute approximate surface area is 125 Å². The normalized spacial score (nSPS) is 12.6. The molecule has 0 aromatic heterocycles. The lowest BCUT2D eigenvalue weighted by Gasteiger charge is -2.22. The molecule has 0 spiro atoms. The van der Waals surface area contributed by atoms with Gasteiger partial charge in [-0.05, 0) is 37.1 Å². The molecule has 4 heteroatoms. The Kier molecular flexibility index (Phi) is 5.15. The van der Waals surface area contributed by atoms with E-state index in [2.05, 4.69) is 0 Å². The van der Waals surface area contributed by atoms with Crippen LogP contribution in [-0.2, 0) is 9.53 Å². The van der Waals surface area contributed by atoms with Crippen LogP contribution in [0.15, 0.2) is 42.5 Å². The van der Waals surface area contributed by atoms with E-state index in [1.807, 2.05) is 63.2 Å². The highest BCUT2D eigenvalue weighted by Crippen LogP contribution is 2.24. The molecular weight excluding hydrogens is 274 g/mol. The van der Waals surface area contributed by atoms with Crippen LogP contribution < -0.4 is 5.73 Å². The van der Waals surface area contributed by atoms with Crippen molar-refractivity contribution in [1.82, 2.24) is 0 Å². The standard InChI is InChI=1S/C16H19NO2.ClH/c1-16(2,3)19-15(18)14(17)13-10-6-8-11-7-4-5-9-12(11)13;/h4-10,14H,17H2,1-3H3;1H. The summed E-state index contributed by atoms with van der Waals surface area (Å²) in [5.41, 5.74) is 6.31. The highest BCUT2D eigenvalue weighted by Gasteiger charge is 2.24. The Hall–Kier alpha value is -1.58. The molecule has 0 fully saturated rings. The van der Waals surface area contributed by atoms with E-state index in [4.69, 9.17) is 10.5 Å². The van der Waals surface area contributed by atoms with Crippen LogP contribution in [-0.4, -0.2) is 11.6 Å². The van der Waals surface area contributed by atoms with E-state index in [-0.39, 0.29) is 12.4 Å². The Morgan fingerprint density at radius 2 is 1.70 bits per heavy atom. The fourth-order valence-corrected chi connectivity index (χ4v) is 2.01. The van der Waals surface area contributed by atoms with Gasteiger partial charge in [0.2, 0.25) is 0 Å². The van der Waals surface area contributed by atoms with Crippen molar-refractivity contribution in [3.8, 4) is 0 Å². The molecule has 0 aliphatic rings. The third-order valence-electron chi connectivity index (χ3n) is 2.82. The van der Waals surface area contributed by atoms with Gasteiger partial charge in [-0.1, -0.05) is 42.5 Å². The van der Waals surface area contributed by atoms with Crippen LogP contribution in [0.3, 0.4) is 0 Å². The number of ether oxygens (including phenoxy) is 1. The largest absolute Gasteiger partial charge is 0.459 e. The van der Waals surface area contributed by atoms with Crippen LogP contribution in [0, 0.1) is 0 Å². The fourth-order valence-electron chi connectivity index (χ4n) is 2.01. The van der Waals surface area contributed by atoms with Crippen molar-refractivity contribution in [2.45, 2.75) is 32.4 Å². The number of rotatable bonds is 2. The molecule has 2 rings (SSSR count). The summed E-state index contributed by atoms with van der Waals surface area (Å²) in [6.07, 6.45) is 0. The summed E-state index contributed by atoms with van der Waals surface area (Å²) in [5.74, 6) is -0.399. The maximum absolute atomic E-state index is 12.1. The van der Waals surface area contributed by atoms with Gasteiger partial charge in [-0.15, -0.1) is 12.4 Å². The molecule has 0 aliphatic carbocycles. The van der Waals surface area contributed by atoms with E-state index < -0.39 is 17.6 Å². The summed E-state index contributed by atoms with van der Waals surface area (Å²) in [7, 11) is 0. The molecule has 3 nitrogen and oxygen atoms in total. The molecule has 0 amide bonds. The zero-order chi connectivity index (χ0) is 14.0. The summed E-state index contributed by atoms with van der Waals surface area (Å²) in [6.45, 7) is 5.50. The van der Waals surface area contributed by atoms with Crippen molar-refractivity contribution in [3.63, 3.8) is 0 Å². The van der Waals surface area contributed by atoms with E-state index in [9.17, 15) is 4.79 Å². The molecule has 0 radical (unpaired) electrons. The first-order chi connectivity index (χ1) is 8.88. The second kappa shape index (κ2) is 6.25. The number of halogens is 1. The van der Waals surface area contributed by atoms with Crippen molar-refractivity contribution in [2.75, 3.05) is 0 Å². The first kappa shape index (κ1) is 16.5. The van der Waals surface area contributed by atoms with Gasteiger partial charge in [0.15, 0.2) is 0 Å². The molecular formula is C16H20ClNO2. The Morgan fingerprint density at radius 1 is 1.10 bits per heavy atom. The fraction of sp³-hybridized carbons (Fsp3) is 0.312. The minimum Gasteiger partial charge on any atom is -0.459 e. The van der Waals surface area contributed by atoms with Crippen LogP contribution >= 0.6 is 12.4 Å². The third kappa shape index (κ3) is 3.71. The lowest BCUT2D eigenvalue weighted by molar-refractivity contribution is -0.156. The number of carbonyl (C=O) groups is 1. The number of carbonyl (C=O) groups excluding carboxylic acids is 1. The van der Waals surface area contributed by atoms with Gasteiger partial charge in [0.25, 0.3) is 0 Å². The first-order valence-electron chi connectivity index (χ1n) is 6.34. The summed E-state index contributed by atoms with van der Waals surface area (Å²) in [5, 5.41) is 2.06. The average molecular weight is 294 g/mol. The molecule has 1 atom stereocenters. The van der Waals surface area contributed by atoms with Crippen LogP contribution in [0.2, 0.25) is 0 Å². The first-order valence-corrected chi connectivity index (χ1v) is 6.34. The lowest BCUT2D eigenvalue weighted by atomic mass is 9.99.